The standard InChI is InChI=1S/C21H32O6/c1-12(2)20(5,6)17(23)25-10-16(22)26-15-8-14-7-13(15)9-21(14)11-19(3,4)27-18(21)24/h12-15H,7-11H2,1-6H3. The Bertz CT molecular complexity index is 649. The lowest BCUT2D eigenvalue weighted by Crippen LogP contribution is -2.39. The highest BCUT2D eigenvalue weighted by Crippen LogP contribution is 2.63. The molecular weight excluding hydrogens is 348 g/mol. The highest BCUT2D eigenvalue weighted by atomic mass is 16.6. The molecule has 2 saturated carbocycles. The highest BCUT2D eigenvalue weighted by molar-refractivity contribution is 5.81. The maximum atomic E-state index is 12.5. The number of esters is 3. The smallest absolute Gasteiger partial charge is 0.344 e. The van der Waals surface area contributed by atoms with Crippen molar-refractivity contribution in [1.29, 1.82) is 0 Å². The molecule has 0 amide bonds. The van der Waals surface area contributed by atoms with Crippen LogP contribution >= 0.6 is 0 Å². The predicted molar refractivity (Wildman–Crippen MR) is 97.5 cm³/mol. The van der Waals surface area contributed by atoms with Crippen molar-refractivity contribution in [2.24, 2.45) is 28.6 Å². The Morgan fingerprint density at radius 2 is 1.93 bits per heavy atom. The maximum Gasteiger partial charge on any atom is 0.344 e. The van der Waals surface area contributed by atoms with Gasteiger partial charge in [-0.25, -0.2) is 4.79 Å². The number of rotatable bonds is 5. The summed E-state index contributed by atoms with van der Waals surface area (Å²) in [6, 6.07) is 0. The summed E-state index contributed by atoms with van der Waals surface area (Å²) in [7, 11) is 0. The molecule has 4 unspecified atom stereocenters. The molecule has 0 radical (unpaired) electrons. The molecule has 4 atom stereocenters. The Kier molecular flexibility index (Phi) is 4.84. The third kappa shape index (κ3) is 3.47. The van der Waals surface area contributed by atoms with Crippen LogP contribution < -0.4 is 0 Å². The number of cyclic esters (lactones) is 1. The maximum absolute atomic E-state index is 12.5. The molecule has 1 aliphatic heterocycles. The Morgan fingerprint density at radius 1 is 1.26 bits per heavy atom. The summed E-state index contributed by atoms with van der Waals surface area (Å²) in [6.45, 7) is 11.1. The molecule has 0 aromatic heterocycles. The summed E-state index contributed by atoms with van der Waals surface area (Å²) in [4.78, 5) is 36.8. The van der Waals surface area contributed by atoms with Gasteiger partial charge in [0.15, 0.2) is 6.61 Å². The van der Waals surface area contributed by atoms with Crippen molar-refractivity contribution in [3.63, 3.8) is 0 Å². The molecule has 6 nitrogen and oxygen atoms in total. The minimum absolute atomic E-state index is 0.0883. The Labute approximate surface area is 161 Å². The first kappa shape index (κ1) is 20.2. The summed E-state index contributed by atoms with van der Waals surface area (Å²) in [5, 5.41) is 0. The molecule has 2 bridgehead atoms. The van der Waals surface area contributed by atoms with Gasteiger partial charge in [0.05, 0.1) is 10.8 Å². The van der Waals surface area contributed by atoms with Crippen LogP contribution in [0.4, 0.5) is 0 Å². The number of ether oxygens (including phenoxy) is 3. The molecule has 3 fully saturated rings. The first-order chi connectivity index (χ1) is 12.4. The van der Waals surface area contributed by atoms with Gasteiger partial charge in [0.1, 0.15) is 11.7 Å². The second-order valence-corrected chi connectivity index (χ2v) is 10.1. The zero-order chi connectivity index (χ0) is 20.2. The van der Waals surface area contributed by atoms with Gasteiger partial charge < -0.3 is 14.2 Å². The fourth-order valence-corrected chi connectivity index (χ4v) is 4.97. The van der Waals surface area contributed by atoms with Crippen molar-refractivity contribution >= 4 is 17.9 Å². The van der Waals surface area contributed by atoms with Crippen LogP contribution in [0.1, 0.15) is 67.2 Å². The zero-order valence-corrected chi connectivity index (χ0v) is 17.3. The molecule has 152 valence electrons. The molecule has 1 saturated heterocycles. The van der Waals surface area contributed by atoms with Crippen molar-refractivity contribution in [2.45, 2.75) is 78.9 Å². The Morgan fingerprint density at radius 3 is 2.41 bits per heavy atom. The summed E-state index contributed by atoms with van der Waals surface area (Å²) in [5.74, 6) is -0.492. The van der Waals surface area contributed by atoms with Crippen molar-refractivity contribution in [2.75, 3.05) is 6.61 Å². The average molecular weight is 380 g/mol. The van der Waals surface area contributed by atoms with E-state index in [1.807, 2.05) is 41.5 Å². The lowest BCUT2D eigenvalue weighted by atomic mass is 9.69. The van der Waals surface area contributed by atoms with Crippen molar-refractivity contribution in [3.8, 4) is 0 Å². The van der Waals surface area contributed by atoms with Gasteiger partial charge in [0.25, 0.3) is 0 Å². The first-order valence-corrected chi connectivity index (χ1v) is 9.97. The molecule has 6 heteroatoms. The second kappa shape index (κ2) is 6.49. The second-order valence-electron chi connectivity index (χ2n) is 10.1. The van der Waals surface area contributed by atoms with Gasteiger partial charge >= 0.3 is 17.9 Å². The minimum Gasteiger partial charge on any atom is -0.460 e. The van der Waals surface area contributed by atoms with E-state index in [0.29, 0.717) is 6.42 Å². The predicted octanol–water partition coefficient (Wildman–Crippen LogP) is 3.27. The summed E-state index contributed by atoms with van der Waals surface area (Å²) in [5.41, 5.74) is -1.45. The van der Waals surface area contributed by atoms with Crippen LogP contribution in [0.2, 0.25) is 0 Å². The van der Waals surface area contributed by atoms with E-state index in [2.05, 4.69) is 0 Å². The van der Waals surface area contributed by atoms with Crippen LogP contribution in [-0.4, -0.2) is 36.2 Å². The van der Waals surface area contributed by atoms with Gasteiger partial charge in [-0.2, -0.15) is 0 Å². The van der Waals surface area contributed by atoms with E-state index < -0.39 is 28.4 Å². The third-order valence-corrected chi connectivity index (χ3v) is 7.13. The van der Waals surface area contributed by atoms with Crippen LogP contribution in [0, 0.1) is 28.6 Å². The summed E-state index contributed by atoms with van der Waals surface area (Å²) in [6.07, 6.45) is 2.85. The van der Waals surface area contributed by atoms with Gasteiger partial charge in [-0.1, -0.05) is 13.8 Å². The number of fused-ring (bicyclic) bond motifs is 3. The molecule has 0 aromatic carbocycles. The Balaban J connectivity index is 1.51. The van der Waals surface area contributed by atoms with Crippen LogP contribution in [0.15, 0.2) is 0 Å². The fourth-order valence-electron chi connectivity index (χ4n) is 4.97. The zero-order valence-electron chi connectivity index (χ0n) is 17.3. The van der Waals surface area contributed by atoms with E-state index in [1.165, 1.54) is 0 Å². The first-order valence-electron chi connectivity index (χ1n) is 9.97. The van der Waals surface area contributed by atoms with Gasteiger partial charge in [0.2, 0.25) is 0 Å². The van der Waals surface area contributed by atoms with Crippen LogP contribution in [0.3, 0.4) is 0 Å². The number of hydrogen-bond donors (Lipinski definition) is 0. The SMILES string of the molecule is CC(C)C(C)(C)C(=O)OCC(=O)OC1CC2CC1CC21CC(C)(C)OC1=O. The van der Waals surface area contributed by atoms with Crippen molar-refractivity contribution in [1.82, 2.24) is 0 Å². The minimum atomic E-state index is -0.644. The van der Waals surface area contributed by atoms with Gasteiger partial charge in [-0.05, 0) is 64.7 Å². The molecule has 3 aliphatic rings. The van der Waals surface area contributed by atoms with Gasteiger partial charge in [-0.15, -0.1) is 0 Å². The van der Waals surface area contributed by atoms with Gasteiger partial charge in [0, 0.05) is 6.42 Å². The van der Waals surface area contributed by atoms with E-state index in [0.717, 1.165) is 19.3 Å². The summed E-state index contributed by atoms with van der Waals surface area (Å²) >= 11 is 0. The summed E-state index contributed by atoms with van der Waals surface area (Å²) < 4.78 is 16.3. The van der Waals surface area contributed by atoms with Gasteiger partial charge in [-0.3, -0.25) is 9.59 Å². The lowest BCUT2D eigenvalue weighted by molar-refractivity contribution is -0.171. The molecule has 2 aliphatic carbocycles. The molecule has 0 N–H and O–H groups in total. The van der Waals surface area contributed by atoms with Crippen molar-refractivity contribution < 1.29 is 28.6 Å². The lowest BCUT2D eigenvalue weighted by Gasteiger charge is -2.33. The molecule has 1 heterocycles. The van der Waals surface area contributed by atoms with E-state index in [4.69, 9.17) is 14.2 Å². The highest BCUT2D eigenvalue weighted by Gasteiger charge is 2.65. The quantitative estimate of drug-likeness (QED) is 0.538. The number of carbonyl (C=O) groups is 3. The average Bonchev–Trinajstić information content (AvgIpc) is 3.15. The van der Waals surface area contributed by atoms with Crippen molar-refractivity contribution in [3.05, 3.63) is 0 Å². The molecule has 0 aromatic rings. The van der Waals surface area contributed by atoms with E-state index in [1.54, 1.807) is 0 Å². The monoisotopic (exact) mass is 380 g/mol. The number of carbonyl (C=O) groups excluding carboxylic acids is 3. The van der Waals surface area contributed by atoms with Crippen LogP contribution in [-0.2, 0) is 28.6 Å². The third-order valence-electron chi connectivity index (χ3n) is 7.13. The Hall–Kier alpha value is -1.59. The normalized spacial score (nSPS) is 34.2. The molecule has 3 rings (SSSR count). The largest absolute Gasteiger partial charge is 0.460 e. The van der Waals surface area contributed by atoms with E-state index in [9.17, 15) is 14.4 Å². The van der Waals surface area contributed by atoms with E-state index in [-0.39, 0.29) is 36.4 Å². The molecule has 27 heavy (non-hydrogen) atoms. The van der Waals surface area contributed by atoms with E-state index >= 15 is 0 Å². The number of hydrogen-bond acceptors (Lipinski definition) is 6. The van der Waals surface area contributed by atoms with Crippen LogP contribution in [0.25, 0.3) is 0 Å². The fraction of sp³-hybridized carbons (Fsp3) is 0.857. The molecular formula is C21H32O6. The van der Waals surface area contributed by atoms with Crippen LogP contribution in [0.5, 0.6) is 0 Å². The topological polar surface area (TPSA) is 78.9 Å². The molecule has 1 spiro atoms.